The second-order valence-electron chi connectivity index (χ2n) is 8.24. The first kappa shape index (κ1) is 19.9. The van der Waals surface area contributed by atoms with Crippen molar-refractivity contribution in [3.63, 3.8) is 0 Å². The fourth-order valence-electron chi connectivity index (χ4n) is 4.63. The van der Waals surface area contributed by atoms with Crippen LogP contribution in [0.25, 0.3) is 0 Å². The van der Waals surface area contributed by atoms with Gasteiger partial charge in [0.15, 0.2) is 0 Å². The summed E-state index contributed by atoms with van der Waals surface area (Å²) in [5.74, 6) is 0.786. The molecular formula is C24H28O5. The number of carbonyl (C=O) groups is 1. The average Bonchev–Trinajstić information content (AvgIpc) is 2.75. The van der Waals surface area contributed by atoms with Crippen molar-refractivity contribution in [2.45, 2.75) is 49.5 Å². The molecule has 5 rings (SSSR count). The van der Waals surface area contributed by atoms with Crippen LogP contribution in [0.3, 0.4) is 0 Å². The van der Waals surface area contributed by atoms with E-state index in [0.717, 1.165) is 56.6 Å². The molecule has 0 aromatic heterocycles. The number of carboxylic acid groups (broad SMARTS) is 1. The first-order valence-corrected chi connectivity index (χ1v) is 10.4. The monoisotopic (exact) mass is 396 g/mol. The van der Waals surface area contributed by atoms with Crippen LogP contribution in [0.1, 0.15) is 44.1 Å². The summed E-state index contributed by atoms with van der Waals surface area (Å²) in [4.78, 5) is 10.5. The molecule has 3 fully saturated rings. The van der Waals surface area contributed by atoms with Crippen molar-refractivity contribution in [3.8, 4) is 11.5 Å². The highest BCUT2D eigenvalue weighted by Gasteiger charge is 2.50. The summed E-state index contributed by atoms with van der Waals surface area (Å²) >= 11 is 0. The summed E-state index contributed by atoms with van der Waals surface area (Å²) in [6.07, 6.45) is 6.06. The fourth-order valence-corrected chi connectivity index (χ4v) is 4.63. The van der Waals surface area contributed by atoms with Crippen molar-refractivity contribution in [2.75, 3.05) is 19.8 Å². The molecule has 2 saturated heterocycles. The zero-order valence-electron chi connectivity index (χ0n) is 16.6. The third-order valence-electron chi connectivity index (χ3n) is 6.34. The van der Waals surface area contributed by atoms with Crippen molar-refractivity contribution in [3.05, 3.63) is 60.2 Å². The van der Waals surface area contributed by atoms with Gasteiger partial charge in [0.1, 0.15) is 18.1 Å². The van der Waals surface area contributed by atoms with E-state index in [9.17, 15) is 4.79 Å². The summed E-state index contributed by atoms with van der Waals surface area (Å²) in [6, 6.07) is 18.3. The highest BCUT2D eigenvalue weighted by atomic mass is 16.5. The Bertz CT molecular complexity index is 808. The number of rotatable bonds is 9. The summed E-state index contributed by atoms with van der Waals surface area (Å²) in [7, 11) is 0. The Balaban J connectivity index is 1.36. The van der Waals surface area contributed by atoms with Gasteiger partial charge in [-0.25, -0.2) is 4.79 Å². The molecule has 1 saturated carbocycles. The Hall–Kier alpha value is -2.37. The molecule has 0 radical (unpaired) electrons. The second-order valence-corrected chi connectivity index (χ2v) is 8.24. The van der Waals surface area contributed by atoms with E-state index in [1.165, 1.54) is 5.56 Å². The zero-order valence-corrected chi connectivity index (χ0v) is 16.6. The van der Waals surface area contributed by atoms with Crippen LogP contribution in [0.5, 0.6) is 11.5 Å². The van der Waals surface area contributed by atoms with Crippen LogP contribution >= 0.6 is 0 Å². The van der Waals surface area contributed by atoms with E-state index in [1.54, 1.807) is 0 Å². The minimum absolute atomic E-state index is 0.0630. The summed E-state index contributed by atoms with van der Waals surface area (Å²) in [6.45, 7) is 0.984. The fraction of sp³-hybridized carbons (Fsp3) is 0.458. The van der Waals surface area contributed by atoms with Gasteiger partial charge in [-0.15, -0.1) is 0 Å². The maximum Gasteiger partial charge on any atom is 0.329 e. The summed E-state index contributed by atoms with van der Waals surface area (Å²) < 4.78 is 17.6. The van der Waals surface area contributed by atoms with Crippen molar-refractivity contribution >= 4 is 5.97 Å². The number of fused-ring (bicyclic) bond motifs is 3. The Morgan fingerprint density at radius 3 is 2.45 bits per heavy atom. The van der Waals surface area contributed by atoms with Crippen LogP contribution in [-0.2, 0) is 19.7 Å². The number of ether oxygens (including phenoxy) is 3. The third-order valence-corrected chi connectivity index (χ3v) is 6.34. The van der Waals surface area contributed by atoms with Crippen molar-refractivity contribution in [2.24, 2.45) is 0 Å². The van der Waals surface area contributed by atoms with Crippen LogP contribution in [0, 0.1) is 0 Å². The molecule has 2 aromatic carbocycles. The molecular weight excluding hydrogens is 368 g/mol. The van der Waals surface area contributed by atoms with Gasteiger partial charge >= 0.3 is 5.97 Å². The van der Waals surface area contributed by atoms with Gasteiger partial charge in [0.05, 0.1) is 12.2 Å². The van der Waals surface area contributed by atoms with E-state index >= 15 is 0 Å². The zero-order chi connectivity index (χ0) is 20.2. The topological polar surface area (TPSA) is 65.0 Å². The maximum absolute atomic E-state index is 10.5. The van der Waals surface area contributed by atoms with Gasteiger partial charge in [-0.05, 0) is 68.4 Å². The van der Waals surface area contributed by atoms with E-state index in [0.29, 0.717) is 6.61 Å². The smallest absolute Gasteiger partial charge is 0.329 e. The Morgan fingerprint density at radius 1 is 1.00 bits per heavy atom. The molecule has 2 heterocycles. The van der Waals surface area contributed by atoms with Crippen LogP contribution in [0.15, 0.2) is 54.6 Å². The number of hydrogen-bond donors (Lipinski definition) is 1. The molecule has 5 heteroatoms. The van der Waals surface area contributed by atoms with E-state index in [-0.39, 0.29) is 17.6 Å². The lowest BCUT2D eigenvalue weighted by atomic mass is 9.62. The van der Waals surface area contributed by atoms with E-state index < -0.39 is 5.97 Å². The first-order chi connectivity index (χ1) is 14.1. The van der Waals surface area contributed by atoms with Crippen LogP contribution in [-0.4, -0.2) is 36.5 Å². The summed E-state index contributed by atoms with van der Waals surface area (Å²) in [5, 5.41) is 8.64. The van der Waals surface area contributed by atoms with Crippen LogP contribution in [0.4, 0.5) is 0 Å². The van der Waals surface area contributed by atoms with E-state index in [1.807, 2.05) is 36.4 Å². The quantitative estimate of drug-likeness (QED) is 0.608. The Labute approximate surface area is 171 Å². The van der Waals surface area contributed by atoms with Crippen molar-refractivity contribution in [1.29, 1.82) is 0 Å². The van der Waals surface area contributed by atoms with Gasteiger partial charge in [-0.3, -0.25) is 0 Å². The largest absolute Gasteiger partial charge is 0.480 e. The van der Waals surface area contributed by atoms with Crippen molar-refractivity contribution < 1.29 is 24.1 Å². The maximum atomic E-state index is 10.5. The molecule has 1 N–H and O–H groups in total. The number of carboxylic acids is 1. The molecule has 3 aliphatic rings. The minimum Gasteiger partial charge on any atom is -0.480 e. The van der Waals surface area contributed by atoms with Gasteiger partial charge < -0.3 is 19.3 Å². The molecule has 2 aliphatic heterocycles. The predicted molar refractivity (Wildman–Crippen MR) is 109 cm³/mol. The number of hydrogen-bond acceptors (Lipinski definition) is 4. The second kappa shape index (κ2) is 8.56. The number of para-hydroxylation sites is 1. The number of aliphatic carboxylic acids is 1. The Kier molecular flexibility index (Phi) is 5.88. The highest BCUT2D eigenvalue weighted by Crippen LogP contribution is 2.52. The van der Waals surface area contributed by atoms with E-state index in [4.69, 9.17) is 19.3 Å². The van der Waals surface area contributed by atoms with Crippen LogP contribution in [0.2, 0.25) is 0 Å². The van der Waals surface area contributed by atoms with E-state index in [2.05, 4.69) is 18.2 Å². The molecule has 154 valence electrons. The average molecular weight is 396 g/mol. The highest BCUT2D eigenvalue weighted by molar-refractivity contribution is 5.67. The minimum atomic E-state index is -0.919. The van der Waals surface area contributed by atoms with Crippen molar-refractivity contribution in [1.82, 2.24) is 0 Å². The molecule has 29 heavy (non-hydrogen) atoms. The molecule has 5 nitrogen and oxygen atoms in total. The van der Waals surface area contributed by atoms with Gasteiger partial charge in [0, 0.05) is 12.0 Å². The Morgan fingerprint density at radius 2 is 1.76 bits per heavy atom. The lowest BCUT2D eigenvalue weighted by molar-refractivity contribution is -0.162. The lowest BCUT2D eigenvalue weighted by Crippen LogP contribution is -2.53. The van der Waals surface area contributed by atoms with Gasteiger partial charge in [-0.2, -0.15) is 0 Å². The summed E-state index contributed by atoms with van der Waals surface area (Å²) in [5.41, 5.74) is 1.30. The SMILES string of the molecule is O=C(O)COCCCC12CCC(c3cccc(Oc4ccccc4)c3)(CC1)CO2. The molecule has 0 unspecified atom stereocenters. The molecule has 2 aromatic rings. The standard InChI is InChI=1S/C24H28O5/c25-22(26)17-27-15-5-10-24-13-11-23(12-14-24,18-28-24)19-6-4-9-21(16-19)29-20-7-2-1-3-8-20/h1-4,6-9,16H,5,10-15,17-18H2,(H,25,26). The number of benzene rings is 2. The molecule has 1 aliphatic carbocycles. The molecule has 0 atom stereocenters. The third kappa shape index (κ3) is 4.62. The van der Waals surface area contributed by atoms with Crippen LogP contribution < -0.4 is 4.74 Å². The lowest BCUT2D eigenvalue weighted by Gasteiger charge is -2.53. The molecule has 2 bridgehead atoms. The normalized spacial score (nSPS) is 25.7. The molecule has 0 amide bonds. The van der Waals surface area contributed by atoms with Gasteiger partial charge in [0.2, 0.25) is 0 Å². The van der Waals surface area contributed by atoms with Gasteiger partial charge in [0.25, 0.3) is 0 Å². The predicted octanol–water partition coefficient (Wildman–Crippen LogP) is 4.94. The first-order valence-electron chi connectivity index (χ1n) is 10.4. The molecule has 0 spiro atoms. The van der Waals surface area contributed by atoms with Gasteiger partial charge in [-0.1, -0.05) is 30.3 Å².